The highest BCUT2D eigenvalue weighted by molar-refractivity contribution is 6.43. The van der Waals surface area contributed by atoms with E-state index < -0.39 is 18.0 Å². The van der Waals surface area contributed by atoms with Gasteiger partial charge in [0, 0.05) is 13.0 Å². The van der Waals surface area contributed by atoms with Gasteiger partial charge in [-0.15, -0.1) is 0 Å². The number of rotatable bonds is 15. The van der Waals surface area contributed by atoms with E-state index in [2.05, 4.69) is 0 Å². The summed E-state index contributed by atoms with van der Waals surface area (Å²) in [5.41, 5.74) is 0.439. The van der Waals surface area contributed by atoms with Gasteiger partial charge in [-0.05, 0) is 43.0 Å². The molecule has 2 aromatic carbocycles. The molecule has 0 aromatic heterocycles. The molecule has 0 aliphatic carbocycles. The van der Waals surface area contributed by atoms with E-state index in [9.17, 15) is 14.7 Å². The highest BCUT2D eigenvalue weighted by Crippen LogP contribution is 2.38. The third kappa shape index (κ3) is 8.85. The molecule has 0 aliphatic rings. The molecule has 0 aliphatic heterocycles. The van der Waals surface area contributed by atoms with Crippen LogP contribution in [0.3, 0.4) is 0 Å². The molecule has 11 heteroatoms. The second-order valence-corrected chi connectivity index (χ2v) is 9.49. The molecule has 210 valence electrons. The minimum atomic E-state index is -0.606. The fourth-order valence-corrected chi connectivity index (χ4v) is 3.80. The average Bonchev–Trinajstić information content (AvgIpc) is 2.90. The summed E-state index contributed by atoms with van der Waals surface area (Å²) in [7, 11) is 4.36. The van der Waals surface area contributed by atoms with Crippen molar-refractivity contribution < 1.29 is 43.1 Å². The first kappa shape index (κ1) is 31.3. The highest BCUT2D eigenvalue weighted by atomic mass is 35.5. The maximum Gasteiger partial charge on any atom is 0.338 e. The van der Waals surface area contributed by atoms with E-state index in [0.29, 0.717) is 30.1 Å². The lowest BCUT2D eigenvalue weighted by Gasteiger charge is -2.19. The number of carbonyl (C=O) groups is 2. The van der Waals surface area contributed by atoms with E-state index in [0.717, 1.165) is 0 Å². The highest BCUT2D eigenvalue weighted by Gasteiger charge is 2.21. The van der Waals surface area contributed by atoms with Gasteiger partial charge in [-0.25, -0.2) is 9.59 Å². The minimum Gasteiger partial charge on any atom is -0.493 e. The maximum atomic E-state index is 12.8. The number of aliphatic hydroxyl groups is 1. The molecule has 0 spiro atoms. The van der Waals surface area contributed by atoms with E-state index in [4.69, 9.17) is 51.6 Å². The minimum absolute atomic E-state index is 0.165. The van der Waals surface area contributed by atoms with Crippen molar-refractivity contribution >= 4 is 35.1 Å². The summed E-state index contributed by atoms with van der Waals surface area (Å²) >= 11 is 12.4. The number of carbonyl (C=O) groups excluding carboxylic acids is 2. The predicted octanol–water partition coefficient (Wildman–Crippen LogP) is 5.60. The van der Waals surface area contributed by atoms with Gasteiger partial charge in [-0.3, -0.25) is 0 Å². The Labute approximate surface area is 232 Å². The standard InChI is InChI=1S/C27H34Cl2O9/c1-16(2)15-37-26(31)17-11-20(28)24(29)21(12-17)36-10-6-7-19(8-9-30)38-27(32)18-13-22(33-3)25(35-5)23(14-18)34-4/h11-14,16,19,30H,6-10,15H2,1-5H3. The summed E-state index contributed by atoms with van der Waals surface area (Å²) in [6.45, 7) is 4.17. The second kappa shape index (κ2) is 15.5. The molecule has 1 N–H and O–H groups in total. The van der Waals surface area contributed by atoms with Gasteiger partial charge in [0.15, 0.2) is 11.5 Å². The zero-order chi connectivity index (χ0) is 28.2. The first-order valence-electron chi connectivity index (χ1n) is 12.1. The van der Waals surface area contributed by atoms with Crippen molar-refractivity contribution in [1.29, 1.82) is 0 Å². The SMILES string of the molecule is COc1cc(C(=O)OC(CCO)CCCOc2cc(C(=O)OCC(C)C)cc(Cl)c2Cl)cc(OC)c1OC. The Morgan fingerprint density at radius 1 is 0.868 bits per heavy atom. The smallest absolute Gasteiger partial charge is 0.338 e. The number of hydrogen-bond acceptors (Lipinski definition) is 9. The van der Waals surface area contributed by atoms with Gasteiger partial charge in [0.05, 0.1) is 50.7 Å². The molecule has 0 bridgehead atoms. The Morgan fingerprint density at radius 3 is 2.03 bits per heavy atom. The summed E-state index contributed by atoms with van der Waals surface area (Å²) in [5, 5.41) is 9.80. The number of methoxy groups -OCH3 is 3. The topological polar surface area (TPSA) is 110 Å². The molecule has 0 radical (unpaired) electrons. The van der Waals surface area contributed by atoms with Gasteiger partial charge in [0.2, 0.25) is 5.75 Å². The van der Waals surface area contributed by atoms with E-state index in [-0.39, 0.29) is 59.1 Å². The molecule has 2 aromatic rings. The number of halogens is 2. The third-order valence-corrected chi connectivity index (χ3v) is 6.12. The van der Waals surface area contributed by atoms with Crippen molar-refractivity contribution in [2.24, 2.45) is 5.92 Å². The lowest BCUT2D eigenvalue weighted by Crippen LogP contribution is -2.21. The van der Waals surface area contributed by atoms with Crippen LogP contribution >= 0.6 is 23.2 Å². The van der Waals surface area contributed by atoms with Crippen LogP contribution in [0, 0.1) is 5.92 Å². The number of hydrogen-bond donors (Lipinski definition) is 1. The molecule has 1 atom stereocenters. The van der Waals surface area contributed by atoms with Crippen molar-refractivity contribution in [1.82, 2.24) is 0 Å². The first-order valence-corrected chi connectivity index (χ1v) is 12.8. The lowest BCUT2D eigenvalue weighted by atomic mass is 10.1. The summed E-state index contributed by atoms with van der Waals surface area (Å²) in [4.78, 5) is 25.2. The monoisotopic (exact) mass is 572 g/mol. The van der Waals surface area contributed by atoms with Gasteiger partial charge in [0.25, 0.3) is 0 Å². The van der Waals surface area contributed by atoms with Gasteiger partial charge in [-0.2, -0.15) is 0 Å². The van der Waals surface area contributed by atoms with Gasteiger partial charge >= 0.3 is 11.9 Å². The molecule has 0 heterocycles. The molecule has 2 rings (SSSR count). The van der Waals surface area contributed by atoms with Gasteiger partial charge < -0.3 is 33.5 Å². The zero-order valence-corrected chi connectivity index (χ0v) is 23.7. The summed E-state index contributed by atoms with van der Waals surface area (Å²) in [5.74, 6) is 0.283. The zero-order valence-electron chi connectivity index (χ0n) is 22.2. The van der Waals surface area contributed by atoms with Crippen molar-refractivity contribution in [2.75, 3.05) is 41.2 Å². The van der Waals surface area contributed by atoms with Crippen LogP contribution in [0.2, 0.25) is 10.0 Å². The van der Waals surface area contributed by atoms with Crippen LogP contribution in [0.4, 0.5) is 0 Å². The molecule has 38 heavy (non-hydrogen) atoms. The predicted molar refractivity (Wildman–Crippen MR) is 143 cm³/mol. The van der Waals surface area contributed by atoms with Crippen molar-refractivity contribution in [3.8, 4) is 23.0 Å². The molecule has 1 unspecified atom stereocenters. The summed E-state index contributed by atoms with van der Waals surface area (Å²) in [6.07, 6.45) is 0.521. The normalized spacial score (nSPS) is 11.6. The summed E-state index contributed by atoms with van der Waals surface area (Å²) in [6, 6.07) is 5.90. The number of esters is 2. The molecule has 0 fully saturated rings. The van der Waals surface area contributed by atoms with Crippen LogP contribution < -0.4 is 18.9 Å². The second-order valence-electron chi connectivity index (χ2n) is 8.71. The quantitative estimate of drug-likeness (QED) is 0.215. The number of benzene rings is 2. The Bertz CT molecular complexity index is 1060. The molecule has 0 saturated carbocycles. The summed E-state index contributed by atoms with van der Waals surface area (Å²) < 4.78 is 32.5. The van der Waals surface area contributed by atoms with E-state index in [1.807, 2.05) is 13.8 Å². The van der Waals surface area contributed by atoms with Gasteiger partial charge in [-0.1, -0.05) is 37.0 Å². The molecule has 9 nitrogen and oxygen atoms in total. The maximum absolute atomic E-state index is 12.8. The fourth-order valence-electron chi connectivity index (χ4n) is 3.43. The number of ether oxygens (including phenoxy) is 6. The third-order valence-electron chi connectivity index (χ3n) is 5.33. The molecular weight excluding hydrogens is 539 g/mol. The Morgan fingerprint density at radius 2 is 1.47 bits per heavy atom. The molecular formula is C27H34Cl2O9. The Balaban J connectivity index is 2.02. The largest absolute Gasteiger partial charge is 0.493 e. The van der Waals surface area contributed by atoms with Gasteiger partial charge in [0.1, 0.15) is 16.9 Å². The van der Waals surface area contributed by atoms with E-state index in [1.54, 1.807) is 0 Å². The van der Waals surface area contributed by atoms with Crippen LogP contribution in [0.25, 0.3) is 0 Å². The molecule has 0 amide bonds. The van der Waals surface area contributed by atoms with Crippen LogP contribution in [-0.4, -0.2) is 64.3 Å². The van der Waals surface area contributed by atoms with Crippen LogP contribution in [0.1, 0.15) is 53.8 Å². The molecule has 0 saturated heterocycles. The fraction of sp³-hybridized carbons (Fsp3) is 0.481. The first-order chi connectivity index (χ1) is 18.1. The van der Waals surface area contributed by atoms with Crippen molar-refractivity contribution in [3.63, 3.8) is 0 Å². The van der Waals surface area contributed by atoms with Crippen molar-refractivity contribution in [2.45, 2.75) is 39.2 Å². The van der Waals surface area contributed by atoms with Crippen LogP contribution in [-0.2, 0) is 9.47 Å². The van der Waals surface area contributed by atoms with E-state index >= 15 is 0 Å². The average molecular weight is 573 g/mol. The Hall–Kier alpha value is -2.88. The number of aliphatic hydroxyl groups excluding tert-OH is 1. The van der Waals surface area contributed by atoms with Crippen LogP contribution in [0.5, 0.6) is 23.0 Å². The Kier molecular flexibility index (Phi) is 12.8. The van der Waals surface area contributed by atoms with Crippen LogP contribution in [0.15, 0.2) is 24.3 Å². The van der Waals surface area contributed by atoms with Crippen molar-refractivity contribution in [3.05, 3.63) is 45.4 Å². The van der Waals surface area contributed by atoms with E-state index in [1.165, 1.54) is 45.6 Å². The lowest BCUT2D eigenvalue weighted by molar-refractivity contribution is 0.0205.